The highest BCUT2D eigenvalue weighted by Gasteiger charge is 2.43. The lowest BCUT2D eigenvalue weighted by atomic mass is 9.14. The number of nitrogens with zero attached hydrogens (tertiary/aromatic N) is 2. The fourth-order valence-corrected chi connectivity index (χ4v) is 7.66. The fourth-order valence-electron chi connectivity index (χ4n) is 7.05. The highest BCUT2D eigenvalue weighted by Crippen LogP contribution is 2.44. The van der Waals surface area contributed by atoms with Crippen LogP contribution in [0.15, 0.2) is 188 Å². The van der Waals surface area contributed by atoms with Crippen LogP contribution >= 0.6 is 0 Å². The van der Waals surface area contributed by atoms with Crippen LogP contribution in [0.1, 0.15) is 36.5 Å². The van der Waals surface area contributed by atoms with E-state index in [-0.39, 0.29) is 5.57 Å². The molecule has 0 fully saturated rings. The van der Waals surface area contributed by atoms with Gasteiger partial charge >= 0.3 is 0 Å². The van der Waals surface area contributed by atoms with Crippen LogP contribution in [0, 0.1) is 22.7 Å². The third-order valence-electron chi connectivity index (χ3n) is 9.42. The van der Waals surface area contributed by atoms with E-state index in [0.29, 0.717) is 5.57 Å². The van der Waals surface area contributed by atoms with Gasteiger partial charge in [-0.05, 0) is 18.2 Å². The van der Waals surface area contributed by atoms with Crippen molar-refractivity contribution in [2.24, 2.45) is 0 Å². The molecule has 4 heteroatoms. The Bertz CT molecular complexity index is 1850. The molecule has 0 spiro atoms. The summed E-state index contributed by atoms with van der Waals surface area (Å²) in [4.78, 5) is 0. The molecule has 0 amide bonds. The smallest absolute Gasteiger partial charge is 0.200 e. The van der Waals surface area contributed by atoms with Gasteiger partial charge in [-0.3, -0.25) is 0 Å². The average Bonchev–Trinajstić information content (AvgIpc) is 3.19. The lowest BCUT2D eigenvalue weighted by Crippen LogP contribution is -2.66. The van der Waals surface area contributed by atoms with Gasteiger partial charge in [-0.25, -0.2) is 0 Å². The van der Waals surface area contributed by atoms with Gasteiger partial charge < -0.3 is 0 Å². The number of unbranched alkanes of at least 4 members (excludes halogenated alkanes) is 1. The van der Waals surface area contributed by atoms with Crippen LogP contribution in [-0.4, -0.2) is 6.15 Å². The van der Waals surface area contributed by atoms with E-state index < -0.39 is 10.9 Å². The van der Waals surface area contributed by atoms with Crippen molar-refractivity contribution in [3.8, 4) is 12.1 Å². The second-order valence-electron chi connectivity index (χ2n) is 12.2. The zero-order valence-electron chi connectivity index (χ0n) is 27.9. The van der Waals surface area contributed by atoms with Crippen molar-refractivity contribution in [3.05, 3.63) is 204 Å². The van der Waals surface area contributed by atoms with Crippen LogP contribution < -0.4 is 16.4 Å². The maximum atomic E-state index is 9.66. The zero-order valence-corrected chi connectivity index (χ0v) is 28.9. The van der Waals surface area contributed by atoms with Crippen LogP contribution in [0.4, 0.5) is 0 Å². The molecule has 6 aromatic carbocycles. The summed E-state index contributed by atoms with van der Waals surface area (Å²) in [6, 6.07) is 66.6. The molecule has 0 N–H and O–H groups in total. The summed E-state index contributed by atoms with van der Waals surface area (Å²) in [6.45, 7) is 2.28. The summed E-state index contributed by atoms with van der Waals surface area (Å²) in [5.74, 6) is 0. The maximum absolute atomic E-state index is 9.66. The Labute approximate surface area is 297 Å². The summed E-state index contributed by atoms with van der Waals surface area (Å²) < 4.78 is -0.829. The molecule has 2 nitrogen and oxygen atoms in total. The van der Waals surface area contributed by atoms with Crippen LogP contribution in [0.3, 0.4) is 0 Å². The van der Waals surface area contributed by atoms with Gasteiger partial charge in [0, 0.05) is 11.1 Å². The summed E-state index contributed by atoms with van der Waals surface area (Å²) in [7, 11) is 0. The first-order valence-corrected chi connectivity index (χ1v) is 17.4. The number of hydrogen-bond donors (Lipinski definition) is 0. The van der Waals surface area contributed by atoms with Gasteiger partial charge in [-0.1, -0.05) is 202 Å². The fraction of sp³-hybridized carbons (Fsp3) is 0.111. The van der Waals surface area contributed by atoms with E-state index in [4.69, 9.17) is 0 Å². The number of nitriles is 2. The molecule has 240 valence electrons. The van der Waals surface area contributed by atoms with Gasteiger partial charge in [0.1, 0.15) is 17.7 Å². The van der Waals surface area contributed by atoms with Gasteiger partial charge in [-0.15, -0.1) is 0 Å². The number of rotatable bonds is 10. The third-order valence-corrected chi connectivity index (χ3v) is 10.2. The van der Waals surface area contributed by atoms with Crippen LogP contribution in [0.2, 0.25) is 6.32 Å². The van der Waals surface area contributed by atoms with Crippen molar-refractivity contribution in [2.45, 2.75) is 30.8 Å². The largest absolute Gasteiger partial charge is 0.201 e. The SMILES string of the molecule is CCCC[B-](c1ccccc1)(c1ccccc1)c1ccccc1.N#CC(C#N)=C(c1ccccc1)C([SH2+])(c1ccccc1)c1ccccc1. The van der Waals surface area contributed by atoms with E-state index in [0.717, 1.165) is 16.7 Å². The summed E-state index contributed by atoms with van der Waals surface area (Å²) in [6.07, 6.45) is 2.73. The van der Waals surface area contributed by atoms with E-state index in [1.165, 1.54) is 35.6 Å². The van der Waals surface area contributed by atoms with E-state index in [1.807, 2.05) is 91.0 Å². The van der Waals surface area contributed by atoms with Crippen molar-refractivity contribution in [3.63, 3.8) is 0 Å². The van der Waals surface area contributed by atoms with Gasteiger partial charge in [0.05, 0.1) is 11.7 Å². The Kier molecular flexibility index (Phi) is 12.1. The van der Waals surface area contributed by atoms with Crippen LogP contribution in [0.5, 0.6) is 0 Å². The van der Waals surface area contributed by atoms with Gasteiger partial charge in [0.15, 0.2) is 0 Å². The van der Waals surface area contributed by atoms with Crippen molar-refractivity contribution in [1.29, 1.82) is 10.5 Å². The van der Waals surface area contributed by atoms with Gasteiger partial charge in [-0.2, -0.15) is 33.2 Å². The van der Waals surface area contributed by atoms with E-state index >= 15 is 0 Å². The lowest BCUT2D eigenvalue weighted by Gasteiger charge is -2.43. The van der Waals surface area contributed by atoms with Crippen LogP contribution in [0.25, 0.3) is 5.57 Å². The van der Waals surface area contributed by atoms with E-state index in [1.54, 1.807) is 0 Å². The van der Waals surface area contributed by atoms with Crippen molar-refractivity contribution in [2.75, 3.05) is 0 Å². The lowest BCUT2D eigenvalue weighted by molar-refractivity contribution is 0.874. The van der Waals surface area contributed by atoms with Crippen molar-refractivity contribution in [1.82, 2.24) is 0 Å². The normalized spacial score (nSPS) is 10.9. The van der Waals surface area contributed by atoms with Crippen LogP contribution in [-0.2, 0) is 17.4 Å². The Balaban J connectivity index is 0.000000192. The van der Waals surface area contributed by atoms with Gasteiger partial charge in [0.2, 0.25) is 4.75 Å². The molecule has 6 aromatic rings. The second kappa shape index (κ2) is 17.0. The Hall–Kier alpha value is -5.55. The first-order chi connectivity index (χ1) is 24.1. The molecule has 49 heavy (non-hydrogen) atoms. The quantitative estimate of drug-likeness (QED) is 0.0848. The molecule has 0 bridgehead atoms. The highest BCUT2D eigenvalue weighted by atomic mass is 32.1. The molecule has 0 heterocycles. The Morgan fingerprint density at radius 1 is 0.531 bits per heavy atom. The molecule has 0 saturated heterocycles. The first-order valence-electron chi connectivity index (χ1n) is 16.9. The molecule has 0 unspecified atom stereocenters. The molecule has 0 aromatic heterocycles. The first kappa shape index (κ1) is 34.8. The summed E-state index contributed by atoms with van der Waals surface area (Å²) >= 11 is 4.00. The Morgan fingerprint density at radius 2 is 0.857 bits per heavy atom. The summed E-state index contributed by atoms with van der Waals surface area (Å²) in [5, 5.41) is 19.3. The molecule has 0 aliphatic heterocycles. The number of benzene rings is 6. The predicted molar refractivity (Wildman–Crippen MR) is 212 cm³/mol. The molecule has 0 aliphatic rings. The number of hydrogen-bond acceptors (Lipinski definition) is 2. The molecule has 0 radical (unpaired) electrons. The number of allylic oxidation sites excluding steroid dienone is 1. The molecule has 0 atom stereocenters. The standard InChI is InChI=1S/C23H16N2S.C22H24B/c24-16-19(17-25)22(18-10-4-1-5-11-18)23(26,20-12-6-2-7-13-20)21-14-8-3-9-15-21;1-2-3-19-23(20-13-7-4-8-14-20,21-15-9-5-10-16-21)22-17-11-6-12-18-22/h1-15,26H;4-18H,2-3,19H2,1H3/q;-1/p+1. The molecular weight excluding hydrogens is 611 g/mol. The average molecular weight is 653 g/mol. The molecule has 6 rings (SSSR count). The topological polar surface area (TPSA) is 47.6 Å². The van der Waals surface area contributed by atoms with Crippen molar-refractivity contribution >= 4 is 40.7 Å². The molecule has 0 saturated carbocycles. The minimum Gasteiger partial charge on any atom is -0.200 e. The Morgan fingerprint density at radius 3 is 1.18 bits per heavy atom. The maximum Gasteiger partial charge on any atom is 0.201 e. The second-order valence-corrected chi connectivity index (χ2v) is 13.0. The third kappa shape index (κ3) is 7.63. The monoisotopic (exact) mass is 652 g/mol. The minimum atomic E-state index is -0.913. The minimum absolute atomic E-state index is 0.0823. The van der Waals surface area contributed by atoms with Crippen molar-refractivity contribution < 1.29 is 0 Å². The molecule has 0 aliphatic carbocycles. The van der Waals surface area contributed by atoms with Gasteiger partial charge in [0.25, 0.3) is 0 Å². The predicted octanol–water partition coefficient (Wildman–Crippen LogP) is 8.40. The highest BCUT2D eigenvalue weighted by molar-refractivity contribution is 7.61. The van der Waals surface area contributed by atoms with E-state index in [2.05, 4.69) is 123 Å². The molecular formula is C45H41BN2S. The summed E-state index contributed by atoms with van der Waals surface area (Å²) in [5.41, 5.74) is 7.77. The zero-order chi connectivity index (χ0) is 34.4. The van der Waals surface area contributed by atoms with E-state index in [9.17, 15) is 10.5 Å².